The van der Waals surface area contributed by atoms with Gasteiger partial charge in [-0.2, -0.15) is 0 Å². The molecule has 6 nitrogen and oxygen atoms in total. The van der Waals surface area contributed by atoms with Gasteiger partial charge < -0.3 is 14.0 Å². The Morgan fingerprint density at radius 3 is 2.45 bits per heavy atom. The maximum absolute atomic E-state index is 12.4. The summed E-state index contributed by atoms with van der Waals surface area (Å²) in [5.74, 6) is 0.475. The van der Waals surface area contributed by atoms with Gasteiger partial charge in [0, 0.05) is 42.3 Å². The minimum absolute atomic E-state index is 0. The number of amides is 1. The van der Waals surface area contributed by atoms with Crippen LogP contribution in [0.3, 0.4) is 0 Å². The number of hydrogen-bond acceptors (Lipinski definition) is 4. The van der Waals surface area contributed by atoms with E-state index in [9.17, 15) is 13.6 Å². The van der Waals surface area contributed by atoms with E-state index in [-0.39, 0.29) is 69.3 Å². The zero-order chi connectivity index (χ0) is 20.1. The van der Waals surface area contributed by atoms with Crippen molar-refractivity contribution >= 4 is 17.0 Å². The zero-order valence-electron chi connectivity index (χ0n) is 17.5. The number of imidazole rings is 1. The number of rotatable bonds is 9. The average molecular weight is 442 g/mol. The average Bonchev–Trinajstić information content (AvgIpc) is 3.37. The fourth-order valence-electron chi connectivity index (χ4n) is 4.16. The summed E-state index contributed by atoms with van der Waals surface area (Å²) < 4.78 is 24.3. The topological polar surface area (TPSA) is 78.3 Å². The third-order valence-corrected chi connectivity index (χ3v) is 6.44. The molecule has 3 rings (SSSR count). The summed E-state index contributed by atoms with van der Waals surface area (Å²) in [7, 11) is 0. The van der Waals surface area contributed by atoms with Crippen LogP contribution in [0.25, 0.3) is 0 Å². The Bertz CT molecular complexity index is 798. The Morgan fingerprint density at radius 2 is 1.93 bits per heavy atom. The summed E-state index contributed by atoms with van der Waals surface area (Å²) in [6.07, 6.45) is 9.93. The second kappa shape index (κ2) is 11.9. The maximum Gasteiger partial charge on any atom is 1.00 e. The third kappa shape index (κ3) is 6.56. The monoisotopic (exact) mass is 441 g/mol. The minimum atomic E-state index is -2.21. The quantitative estimate of drug-likeness (QED) is 0.423. The van der Waals surface area contributed by atoms with E-state index in [0.29, 0.717) is 17.4 Å². The van der Waals surface area contributed by atoms with Gasteiger partial charge in [0.1, 0.15) is 0 Å². The largest absolute Gasteiger partial charge is 1.00 e. The summed E-state index contributed by atoms with van der Waals surface area (Å²) in [4.78, 5) is 19.0. The molecule has 1 aliphatic rings. The summed E-state index contributed by atoms with van der Waals surface area (Å²) in [6, 6.07) is 7.51. The SMILES string of the molecule is CCC(CC(CC(C)c1ccc(S(=O)[O-])cc1)N1CCCC1=O)n1ccnc1.[K+]. The molecule has 1 fully saturated rings. The van der Waals surface area contributed by atoms with E-state index in [1.54, 1.807) is 18.3 Å². The van der Waals surface area contributed by atoms with Crippen LogP contribution in [-0.4, -0.2) is 41.7 Å². The van der Waals surface area contributed by atoms with Gasteiger partial charge in [0.2, 0.25) is 5.91 Å². The van der Waals surface area contributed by atoms with E-state index in [1.165, 1.54) is 0 Å². The molecule has 4 unspecified atom stereocenters. The van der Waals surface area contributed by atoms with Gasteiger partial charge in [-0.05, 0) is 60.4 Å². The second-order valence-electron chi connectivity index (χ2n) is 7.59. The van der Waals surface area contributed by atoms with Crippen LogP contribution in [0.15, 0.2) is 47.9 Å². The molecule has 152 valence electrons. The van der Waals surface area contributed by atoms with E-state index in [4.69, 9.17) is 0 Å². The Kier molecular flexibility index (Phi) is 10.2. The second-order valence-corrected chi connectivity index (χ2v) is 8.53. The summed E-state index contributed by atoms with van der Waals surface area (Å²) in [5, 5.41) is 0. The van der Waals surface area contributed by atoms with Crippen LogP contribution in [0.2, 0.25) is 0 Å². The zero-order valence-corrected chi connectivity index (χ0v) is 21.4. The van der Waals surface area contributed by atoms with E-state index in [2.05, 4.69) is 28.3 Å². The van der Waals surface area contributed by atoms with E-state index < -0.39 is 11.1 Å². The van der Waals surface area contributed by atoms with Crippen molar-refractivity contribution in [3.05, 3.63) is 48.5 Å². The van der Waals surface area contributed by atoms with Gasteiger partial charge in [-0.15, -0.1) is 0 Å². The molecular weight excluding hydrogens is 413 g/mol. The smallest absolute Gasteiger partial charge is 0.768 e. The van der Waals surface area contributed by atoms with E-state index in [0.717, 1.165) is 37.8 Å². The van der Waals surface area contributed by atoms with Gasteiger partial charge in [0.15, 0.2) is 0 Å². The molecule has 1 saturated heterocycles. The molecule has 0 saturated carbocycles. The van der Waals surface area contributed by atoms with Gasteiger partial charge in [0.25, 0.3) is 0 Å². The van der Waals surface area contributed by atoms with Gasteiger partial charge in [-0.1, -0.05) is 26.0 Å². The number of likely N-dealkylation sites (tertiary alicyclic amines) is 1. The Hall–Kier alpha value is -0.354. The molecule has 29 heavy (non-hydrogen) atoms. The molecular formula is C21H28KN3O3S. The van der Waals surface area contributed by atoms with Crippen molar-refractivity contribution in [2.45, 2.75) is 68.8 Å². The summed E-state index contributed by atoms with van der Waals surface area (Å²) in [5.41, 5.74) is 1.10. The standard InChI is InChI=1S/C21H29N3O3S.K/c1-3-18(23-12-10-22-15-23)14-19(24-11-4-5-21(24)25)13-16(2)17-6-8-20(9-7-17)28(26)27;/h6-10,12,15-16,18-19H,3-5,11,13-14H2,1-2H3,(H,26,27);/q;+1/p-1. The first-order valence-corrected chi connectivity index (χ1v) is 11.0. The molecule has 0 spiro atoms. The number of aromatic nitrogens is 2. The van der Waals surface area contributed by atoms with E-state index in [1.807, 2.05) is 24.7 Å². The van der Waals surface area contributed by atoms with Crippen LogP contribution in [0.4, 0.5) is 0 Å². The number of benzene rings is 1. The van der Waals surface area contributed by atoms with Gasteiger partial charge in [-0.3, -0.25) is 9.00 Å². The van der Waals surface area contributed by atoms with Crippen LogP contribution in [-0.2, 0) is 15.9 Å². The molecule has 8 heteroatoms. The molecule has 1 amide bonds. The minimum Gasteiger partial charge on any atom is -0.768 e. The molecule has 2 aromatic rings. The predicted octanol–water partition coefficient (Wildman–Crippen LogP) is 0.651. The van der Waals surface area contributed by atoms with Crippen molar-refractivity contribution in [2.24, 2.45) is 0 Å². The van der Waals surface area contributed by atoms with Crippen molar-refractivity contribution in [1.29, 1.82) is 0 Å². The van der Waals surface area contributed by atoms with Crippen LogP contribution in [0.1, 0.15) is 63.5 Å². The van der Waals surface area contributed by atoms with E-state index >= 15 is 0 Å². The predicted molar refractivity (Wildman–Crippen MR) is 108 cm³/mol. The first-order valence-electron chi connectivity index (χ1n) is 9.95. The van der Waals surface area contributed by atoms with Crippen LogP contribution < -0.4 is 51.4 Å². The molecule has 2 heterocycles. The molecule has 1 aromatic heterocycles. The molecule has 0 radical (unpaired) electrons. The van der Waals surface area contributed by atoms with Gasteiger partial charge in [0.05, 0.1) is 6.33 Å². The number of hydrogen-bond donors (Lipinski definition) is 0. The van der Waals surface area contributed by atoms with Gasteiger partial charge >= 0.3 is 51.4 Å². The maximum atomic E-state index is 12.4. The molecule has 0 bridgehead atoms. The number of nitrogens with zero attached hydrogens (tertiary/aromatic N) is 3. The normalized spacial score (nSPS) is 18.2. The molecule has 1 aromatic carbocycles. The number of carbonyl (C=O) groups excluding carboxylic acids is 1. The van der Waals surface area contributed by atoms with Crippen molar-refractivity contribution in [1.82, 2.24) is 14.5 Å². The van der Waals surface area contributed by atoms with Crippen molar-refractivity contribution in [3.8, 4) is 0 Å². The first-order chi connectivity index (χ1) is 13.5. The fourth-order valence-corrected chi connectivity index (χ4v) is 4.51. The molecule has 1 aliphatic heterocycles. The van der Waals surface area contributed by atoms with Gasteiger partial charge in [-0.25, -0.2) is 4.98 Å². The Labute approximate surface area is 218 Å². The molecule has 4 atom stereocenters. The summed E-state index contributed by atoms with van der Waals surface area (Å²) >= 11 is -2.21. The first kappa shape index (κ1) is 24.9. The Morgan fingerprint density at radius 1 is 1.21 bits per heavy atom. The van der Waals surface area contributed by atoms with Crippen molar-refractivity contribution in [3.63, 3.8) is 0 Å². The molecule has 0 aliphatic carbocycles. The molecule has 0 N–H and O–H groups in total. The van der Waals surface area contributed by atoms with Crippen molar-refractivity contribution < 1.29 is 64.9 Å². The number of carbonyl (C=O) groups is 1. The Balaban J connectivity index is 0.00000300. The van der Waals surface area contributed by atoms with Crippen LogP contribution in [0, 0.1) is 0 Å². The van der Waals surface area contributed by atoms with Crippen LogP contribution in [0.5, 0.6) is 0 Å². The van der Waals surface area contributed by atoms with Crippen molar-refractivity contribution in [2.75, 3.05) is 6.54 Å². The van der Waals surface area contributed by atoms with Crippen LogP contribution >= 0.6 is 0 Å². The third-order valence-electron chi connectivity index (χ3n) is 5.78. The fraction of sp³-hybridized carbons (Fsp3) is 0.524. The summed E-state index contributed by atoms with van der Waals surface area (Å²) in [6.45, 7) is 5.14.